The largest absolute Gasteiger partial charge is 0.443 e. The zero-order chi connectivity index (χ0) is 17.4. The summed E-state index contributed by atoms with van der Waals surface area (Å²) in [5.74, 6) is 2.13. The molecule has 7 nitrogen and oxygen atoms in total. The zero-order valence-electron chi connectivity index (χ0n) is 13.8. The number of rotatable bonds is 3. The molecule has 2 N–H and O–H groups in total. The first-order valence-electron chi connectivity index (χ1n) is 7.31. The number of thioether (sulfide) groups is 1. The highest BCUT2D eigenvalue weighted by Crippen LogP contribution is 2.29. The fourth-order valence-corrected chi connectivity index (χ4v) is 3.18. The molecule has 8 heteroatoms. The van der Waals surface area contributed by atoms with E-state index in [9.17, 15) is 5.26 Å². The zero-order valence-corrected chi connectivity index (χ0v) is 14.7. The fraction of sp³-hybridized carbons (Fsp3) is 0.312. The van der Waals surface area contributed by atoms with Gasteiger partial charge in [0.05, 0.1) is 22.4 Å². The van der Waals surface area contributed by atoms with Crippen molar-refractivity contribution in [2.75, 3.05) is 5.73 Å². The van der Waals surface area contributed by atoms with Crippen molar-refractivity contribution in [3.05, 3.63) is 34.0 Å². The lowest BCUT2D eigenvalue weighted by atomic mass is 10.1. The van der Waals surface area contributed by atoms with Crippen LogP contribution in [0.25, 0.3) is 11.1 Å². The minimum atomic E-state index is 0.400. The summed E-state index contributed by atoms with van der Waals surface area (Å²) in [6, 6.07) is 2.19. The number of furan rings is 1. The van der Waals surface area contributed by atoms with E-state index in [-0.39, 0.29) is 0 Å². The van der Waals surface area contributed by atoms with E-state index < -0.39 is 0 Å². The second-order valence-corrected chi connectivity index (χ2v) is 6.44. The molecule has 0 aliphatic carbocycles. The molecule has 0 bridgehead atoms. The van der Waals surface area contributed by atoms with E-state index >= 15 is 0 Å². The molecule has 3 rings (SSSR count). The van der Waals surface area contributed by atoms with Gasteiger partial charge in [-0.15, -0.1) is 5.10 Å². The van der Waals surface area contributed by atoms with Gasteiger partial charge in [-0.2, -0.15) is 15.3 Å². The minimum Gasteiger partial charge on any atom is -0.443 e. The third-order valence-electron chi connectivity index (χ3n) is 3.98. The van der Waals surface area contributed by atoms with Crippen LogP contribution < -0.4 is 5.73 Å². The number of aromatic nitrogens is 4. The van der Waals surface area contributed by atoms with Crippen LogP contribution in [-0.4, -0.2) is 20.2 Å². The molecule has 0 amide bonds. The molecule has 0 unspecified atom stereocenters. The number of aryl methyl sites for hydroxylation is 3. The fourth-order valence-electron chi connectivity index (χ4n) is 2.34. The van der Waals surface area contributed by atoms with Crippen molar-refractivity contribution in [1.29, 1.82) is 5.26 Å². The molecule has 3 aromatic rings. The van der Waals surface area contributed by atoms with Crippen molar-refractivity contribution in [2.24, 2.45) is 0 Å². The predicted molar refractivity (Wildman–Crippen MR) is 91.5 cm³/mol. The average Bonchev–Trinajstić information content (AvgIpc) is 2.83. The van der Waals surface area contributed by atoms with Crippen molar-refractivity contribution in [2.45, 2.75) is 38.5 Å². The second-order valence-electron chi connectivity index (χ2n) is 5.48. The Bertz CT molecular complexity index is 989. The van der Waals surface area contributed by atoms with Gasteiger partial charge in [-0.05, 0) is 33.3 Å². The van der Waals surface area contributed by atoms with Crippen LogP contribution in [0.1, 0.15) is 34.0 Å². The van der Waals surface area contributed by atoms with Gasteiger partial charge in [0, 0.05) is 5.56 Å². The Hall–Kier alpha value is -2.66. The van der Waals surface area contributed by atoms with Crippen molar-refractivity contribution >= 4 is 28.7 Å². The van der Waals surface area contributed by atoms with Gasteiger partial charge < -0.3 is 10.2 Å². The van der Waals surface area contributed by atoms with Gasteiger partial charge in [0.2, 0.25) is 5.71 Å². The lowest BCUT2D eigenvalue weighted by Gasteiger charge is -2.06. The highest BCUT2D eigenvalue weighted by Gasteiger charge is 2.16. The summed E-state index contributed by atoms with van der Waals surface area (Å²) in [6.07, 6.45) is 0. The lowest BCUT2D eigenvalue weighted by Crippen LogP contribution is -2.02. The first-order chi connectivity index (χ1) is 11.4. The Balaban J connectivity index is 1.92. The molecule has 24 heavy (non-hydrogen) atoms. The molecule has 3 heterocycles. The van der Waals surface area contributed by atoms with Gasteiger partial charge >= 0.3 is 0 Å². The molecule has 3 aromatic heterocycles. The van der Waals surface area contributed by atoms with Crippen LogP contribution in [0.5, 0.6) is 0 Å². The maximum atomic E-state index is 9.34. The molecule has 0 radical (unpaired) electrons. The summed E-state index contributed by atoms with van der Waals surface area (Å²) in [6.45, 7) is 7.49. The summed E-state index contributed by atoms with van der Waals surface area (Å²) in [4.78, 5) is 8.76. The summed E-state index contributed by atoms with van der Waals surface area (Å²) in [5.41, 5.74) is 9.60. The van der Waals surface area contributed by atoms with Gasteiger partial charge in [0.1, 0.15) is 28.5 Å². The molecule has 0 aromatic carbocycles. The van der Waals surface area contributed by atoms with Crippen LogP contribution in [0.3, 0.4) is 0 Å². The predicted octanol–water partition coefficient (Wildman–Crippen LogP) is 2.99. The molecular formula is C16H16N6OS. The SMILES string of the molecule is Cc1nnc(SCc2nc(N)c3c(C)c(C)oc3n2)c(C#N)c1C. The maximum Gasteiger partial charge on any atom is 0.231 e. The maximum absolute atomic E-state index is 9.34. The van der Waals surface area contributed by atoms with Gasteiger partial charge in [0.25, 0.3) is 0 Å². The smallest absolute Gasteiger partial charge is 0.231 e. The van der Waals surface area contributed by atoms with Crippen LogP contribution >= 0.6 is 11.8 Å². The van der Waals surface area contributed by atoms with Crippen LogP contribution in [-0.2, 0) is 5.75 Å². The monoisotopic (exact) mass is 340 g/mol. The van der Waals surface area contributed by atoms with E-state index in [2.05, 4.69) is 26.2 Å². The number of fused-ring (bicyclic) bond motifs is 1. The number of hydrogen-bond donors (Lipinski definition) is 1. The minimum absolute atomic E-state index is 0.400. The first-order valence-corrected chi connectivity index (χ1v) is 8.29. The van der Waals surface area contributed by atoms with Crippen LogP contribution in [0, 0.1) is 39.0 Å². The van der Waals surface area contributed by atoms with E-state index in [4.69, 9.17) is 10.2 Å². The number of nitrogens with zero attached hydrogens (tertiary/aromatic N) is 5. The highest BCUT2D eigenvalue weighted by molar-refractivity contribution is 7.98. The van der Waals surface area contributed by atoms with E-state index in [0.717, 1.165) is 28.0 Å². The molecule has 0 aliphatic heterocycles. The Labute approximate surface area is 143 Å². The Kier molecular flexibility index (Phi) is 4.11. The van der Waals surface area contributed by atoms with Crippen molar-refractivity contribution in [1.82, 2.24) is 20.2 Å². The lowest BCUT2D eigenvalue weighted by molar-refractivity contribution is 0.562. The third kappa shape index (κ3) is 2.67. The van der Waals surface area contributed by atoms with Crippen LogP contribution in [0.4, 0.5) is 5.82 Å². The van der Waals surface area contributed by atoms with E-state index in [1.165, 1.54) is 11.8 Å². The van der Waals surface area contributed by atoms with Gasteiger partial charge in [-0.3, -0.25) is 0 Å². The Morgan fingerprint density at radius 3 is 2.58 bits per heavy atom. The van der Waals surface area contributed by atoms with Crippen LogP contribution in [0.2, 0.25) is 0 Å². The molecule has 0 saturated heterocycles. The van der Waals surface area contributed by atoms with Gasteiger partial charge in [-0.25, -0.2) is 4.98 Å². The van der Waals surface area contributed by atoms with Crippen molar-refractivity contribution in [3.63, 3.8) is 0 Å². The third-order valence-corrected chi connectivity index (χ3v) is 4.94. The highest BCUT2D eigenvalue weighted by atomic mass is 32.2. The van der Waals surface area contributed by atoms with Crippen molar-refractivity contribution in [3.8, 4) is 6.07 Å². The Morgan fingerprint density at radius 1 is 1.12 bits per heavy atom. The van der Waals surface area contributed by atoms with E-state index in [1.54, 1.807) is 0 Å². The second kappa shape index (κ2) is 6.09. The van der Waals surface area contributed by atoms with Crippen LogP contribution in [0.15, 0.2) is 9.44 Å². The normalized spacial score (nSPS) is 11.0. The number of hydrogen-bond acceptors (Lipinski definition) is 8. The number of nitrogen functional groups attached to an aromatic ring is 1. The van der Waals surface area contributed by atoms with E-state index in [1.807, 2.05) is 27.7 Å². The summed E-state index contributed by atoms with van der Waals surface area (Å²) in [5, 5.41) is 18.8. The van der Waals surface area contributed by atoms with Crippen molar-refractivity contribution < 1.29 is 4.42 Å². The molecular weight excluding hydrogens is 324 g/mol. The van der Waals surface area contributed by atoms with E-state index in [0.29, 0.717) is 33.7 Å². The Morgan fingerprint density at radius 2 is 1.88 bits per heavy atom. The molecule has 0 fully saturated rings. The summed E-state index contributed by atoms with van der Waals surface area (Å²) < 4.78 is 5.63. The molecule has 0 saturated carbocycles. The standard InChI is InChI=1S/C16H16N6OS/c1-7-9(3)21-22-16(11(7)5-17)24-6-12-19-14(18)13-8(2)10(4)23-15(13)20-12/h6H2,1-4H3,(H2,18,19,20). The summed E-state index contributed by atoms with van der Waals surface area (Å²) >= 11 is 1.36. The molecule has 0 spiro atoms. The number of anilines is 1. The average molecular weight is 340 g/mol. The molecule has 0 atom stereocenters. The van der Waals surface area contributed by atoms with Gasteiger partial charge in [-0.1, -0.05) is 11.8 Å². The first kappa shape index (κ1) is 16.2. The number of nitriles is 1. The quantitative estimate of drug-likeness (QED) is 0.724. The van der Waals surface area contributed by atoms with Gasteiger partial charge in [0.15, 0.2) is 0 Å². The molecule has 0 aliphatic rings. The number of nitrogens with two attached hydrogens (primary N) is 1. The summed E-state index contributed by atoms with van der Waals surface area (Å²) in [7, 11) is 0. The topological polar surface area (TPSA) is 115 Å². The molecule has 122 valence electrons.